The van der Waals surface area contributed by atoms with Gasteiger partial charge >= 0.3 is 5.97 Å². The highest BCUT2D eigenvalue weighted by atomic mass is 32.1. The van der Waals surface area contributed by atoms with E-state index in [9.17, 15) is 9.59 Å². The molecule has 0 spiro atoms. The van der Waals surface area contributed by atoms with E-state index in [1.165, 1.54) is 28.9 Å². The fraction of sp³-hybridized carbons (Fsp3) is 0.389. The zero-order valence-corrected chi connectivity index (χ0v) is 15.2. The molecule has 0 aliphatic carbocycles. The topological polar surface area (TPSA) is 79.7 Å². The number of aromatic nitrogens is 1. The van der Waals surface area contributed by atoms with E-state index in [-0.39, 0.29) is 25.4 Å². The first-order valence-electron chi connectivity index (χ1n) is 8.05. The Hall–Kier alpha value is -2.25. The highest BCUT2D eigenvalue weighted by Crippen LogP contribution is 2.24. The summed E-state index contributed by atoms with van der Waals surface area (Å²) >= 11 is 1.48. The van der Waals surface area contributed by atoms with Crippen LogP contribution in [0.25, 0.3) is 10.6 Å². The number of nitrogens with zero attached hydrogens (tertiary/aromatic N) is 2. The number of methoxy groups -OCH3 is 1. The van der Waals surface area contributed by atoms with Crippen LogP contribution in [0.1, 0.15) is 18.2 Å². The number of hydrogen-bond acceptors (Lipinski definition) is 5. The summed E-state index contributed by atoms with van der Waals surface area (Å²) in [4.78, 5) is 29.1. The maximum atomic E-state index is 12.4. The van der Waals surface area contributed by atoms with Crippen LogP contribution in [-0.4, -0.2) is 53.7 Å². The number of ether oxygens (including phenoxy) is 1. The average molecular weight is 362 g/mol. The molecular formula is C18H22N2O4S. The minimum Gasteiger partial charge on any atom is -0.480 e. The second-order valence-electron chi connectivity index (χ2n) is 5.57. The maximum absolute atomic E-state index is 12.4. The van der Waals surface area contributed by atoms with Crippen molar-refractivity contribution in [3.63, 3.8) is 0 Å². The molecule has 0 bridgehead atoms. The van der Waals surface area contributed by atoms with Gasteiger partial charge in [0, 0.05) is 24.6 Å². The number of aryl methyl sites for hydroxylation is 1. The van der Waals surface area contributed by atoms with Crippen molar-refractivity contribution in [2.24, 2.45) is 0 Å². The number of carbonyl (C=O) groups is 2. The van der Waals surface area contributed by atoms with Crippen molar-refractivity contribution in [1.29, 1.82) is 0 Å². The molecule has 0 unspecified atom stereocenters. The molecule has 1 amide bonds. The van der Waals surface area contributed by atoms with Gasteiger partial charge in [0.05, 0.1) is 18.7 Å². The summed E-state index contributed by atoms with van der Waals surface area (Å²) in [7, 11) is 1.51. The number of hydrogen-bond donors (Lipinski definition) is 1. The lowest BCUT2D eigenvalue weighted by Crippen LogP contribution is -2.38. The van der Waals surface area contributed by atoms with Crippen LogP contribution in [0, 0.1) is 0 Å². The zero-order chi connectivity index (χ0) is 18.2. The van der Waals surface area contributed by atoms with Crippen molar-refractivity contribution in [2.75, 3.05) is 26.8 Å². The van der Waals surface area contributed by atoms with Gasteiger partial charge in [0.2, 0.25) is 5.91 Å². The molecular weight excluding hydrogens is 340 g/mol. The second kappa shape index (κ2) is 9.29. The van der Waals surface area contributed by atoms with Gasteiger partial charge in [-0.1, -0.05) is 31.2 Å². The molecule has 1 heterocycles. The Kier molecular flexibility index (Phi) is 7.09. The van der Waals surface area contributed by atoms with Gasteiger partial charge in [0.25, 0.3) is 0 Å². The minimum atomic E-state index is -1.04. The quantitative estimate of drug-likeness (QED) is 0.741. The summed E-state index contributed by atoms with van der Waals surface area (Å²) in [5.41, 5.74) is 2.93. The summed E-state index contributed by atoms with van der Waals surface area (Å²) in [6, 6.07) is 8.19. The first-order chi connectivity index (χ1) is 12.0. The smallest absolute Gasteiger partial charge is 0.323 e. The van der Waals surface area contributed by atoms with Crippen LogP contribution in [-0.2, 0) is 27.2 Å². The molecule has 0 aliphatic heterocycles. The van der Waals surface area contributed by atoms with E-state index < -0.39 is 5.97 Å². The van der Waals surface area contributed by atoms with Gasteiger partial charge in [-0.05, 0) is 12.0 Å². The Morgan fingerprint density at radius 1 is 1.28 bits per heavy atom. The molecule has 25 heavy (non-hydrogen) atoms. The van der Waals surface area contributed by atoms with E-state index in [0.717, 1.165) is 17.0 Å². The van der Waals surface area contributed by atoms with Crippen LogP contribution in [0.2, 0.25) is 0 Å². The molecule has 7 heteroatoms. The molecule has 0 fully saturated rings. The molecule has 0 saturated heterocycles. The van der Waals surface area contributed by atoms with E-state index in [4.69, 9.17) is 9.84 Å². The predicted molar refractivity (Wildman–Crippen MR) is 96.7 cm³/mol. The third kappa shape index (κ3) is 5.65. The number of thiazole rings is 1. The van der Waals surface area contributed by atoms with E-state index in [1.54, 1.807) is 0 Å². The van der Waals surface area contributed by atoms with Crippen LogP contribution < -0.4 is 0 Å². The van der Waals surface area contributed by atoms with Crippen LogP contribution in [0.4, 0.5) is 0 Å². The number of amides is 1. The molecule has 0 atom stereocenters. The third-order valence-corrected chi connectivity index (χ3v) is 4.68. The summed E-state index contributed by atoms with van der Waals surface area (Å²) in [5, 5.41) is 11.6. The molecule has 1 N–H and O–H groups in total. The molecule has 0 aliphatic rings. The summed E-state index contributed by atoms with van der Waals surface area (Å²) in [6.07, 6.45) is 1.07. The Balaban J connectivity index is 2.04. The first-order valence-corrected chi connectivity index (χ1v) is 8.93. The second-order valence-corrected chi connectivity index (χ2v) is 6.43. The summed E-state index contributed by atoms with van der Waals surface area (Å²) in [5.74, 6) is -1.31. The fourth-order valence-electron chi connectivity index (χ4n) is 2.33. The highest BCUT2D eigenvalue weighted by Gasteiger charge is 2.18. The van der Waals surface area contributed by atoms with Crippen molar-refractivity contribution in [1.82, 2.24) is 9.88 Å². The van der Waals surface area contributed by atoms with Crippen molar-refractivity contribution in [3.05, 3.63) is 40.9 Å². The number of carboxylic acid groups (broad SMARTS) is 1. The predicted octanol–water partition coefficient (Wildman–Crippen LogP) is 2.47. The van der Waals surface area contributed by atoms with Crippen molar-refractivity contribution in [2.45, 2.75) is 19.8 Å². The molecule has 2 rings (SSSR count). The molecule has 0 saturated carbocycles. The number of carboxylic acids is 1. The van der Waals surface area contributed by atoms with Crippen molar-refractivity contribution >= 4 is 23.2 Å². The minimum absolute atomic E-state index is 0.0839. The number of benzene rings is 1. The summed E-state index contributed by atoms with van der Waals surface area (Å²) < 4.78 is 4.93. The zero-order valence-electron chi connectivity index (χ0n) is 14.4. The molecule has 1 aromatic heterocycles. The van der Waals surface area contributed by atoms with Crippen LogP contribution in [0.15, 0.2) is 29.6 Å². The van der Waals surface area contributed by atoms with Crippen LogP contribution in [0.5, 0.6) is 0 Å². The van der Waals surface area contributed by atoms with Crippen molar-refractivity contribution < 1.29 is 19.4 Å². The monoisotopic (exact) mass is 362 g/mol. The normalized spacial score (nSPS) is 10.6. The molecule has 1 aromatic carbocycles. The SMILES string of the molecule is CCc1ccc(-c2nc(CC(=O)N(CCOC)CC(=O)O)cs2)cc1. The van der Waals surface area contributed by atoms with Crippen LogP contribution in [0.3, 0.4) is 0 Å². The third-order valence-electron chi connectivity index (χ3n) is 3.74. The lowest BCUT2D eigenvalue weighted by atomic mass is 10.1. The lowest BCUT2D eigenvalue weighted by Gasteiger charge is -2.19. The maximum Gasteiger partial charge on any atom is 0.323 e. The van der Waals surface area contributed by atoms with Gasteiger partial charge in [0.1, 0.15) is 11.6 Å². The Labute approximate surface area is 151 Å². The van der Waals surface area contributed by atoms with Gasteiger partial charge < -0.3 is 14.7 Å². The van der Waals surface area contributed by atoms with Gasteiger partial charge in [-0.25, -0.2) is 4.98 Å². The Bertz CT molecular complexity index is 712. The van der Waals surface area contributed by atoms with E-state index in [1.807, 2.05) is 17.5 Å². The van der Waals surface area contributed by atoms with Gasteiger partial charge in [-0.2, -0.15) is 0 Å². The van der Waals surface area contributed by atoms with Gasteiger partial charge in [-0.15, -0.1) is 11.3 Å². The Morgan fingerprint density at radius 2 is 2.00 bits per heavy atom. The number of aliphatic carboxylic acids is 1. The van der Waals surface area contributed by atoms with E-state index >= 15 is 0 Å². The summed E-state index contributed by atoms with van der Waals surface area (Å²) in [6.45, 7) is 2.31. The Morgan fingerprint density at radius 3 is 2.60 bits per heavy atom. The van der Waals surface area contributed by atoms with Crippen LogP contribution >= 0.6 is 11.3 Å². The molecule has 0 radical (unpaired) electrons. The molecule has 6 nitrogen and oxygen atoms in total. The standard InChI is InChI=1S/C18H22N2O4S/c1-3-13-4-6-14(7-5-13)18-19-15(12-25-18)10-16(21)20(8-9-24-2)11-17(22)23/h4-7,12H,3,8-11H2,1-2H3,(H,22,23). The first kappa shape index (κ1) is 19.1. The lowest BCUT2D eigenvalue weighted by molar-refractivity contribution is -0.144. The molecule has 134 valence electrons. The molecule has 2 aromatic rings. The van der Waals surface area contributed by atoms with Crippen molar-refractivity contribution in [3.8, 4) is 10.6 Å². The largest absolute Gasteiger partial charge is 0.480 e. The highest BCUT2D eigenvalue weighted by molar-refractivity contribution is 7.13. The van der Waals surface area contributed by atoms with E-state index in [0.29, 0.717) is 12.3 Å². The van der Waals surface area contributed by atoms with E-state index in [2.05, 4.69) is 24.0 Å². The average Bonchev–Trinajstić information content (AvgIpc) is 3.06. The number of carbonyl (C=O) groups excluding carboxylic acids is 1. The van der Waals surface area contributed by atoms with Gasteiger partial charge in [-0.3, -0.25) is 9.59 Å². The number of rotatable bonds is 9. The fourth-order valence-corrected chi connectivity index (χ4v) is 3.15. The van der Waals surface area contributed by atoms with Gasteiger partial charge in [0.15, 0.2) is 0 Å².